The number of unbranched alkanes of at least 4 members (excludes halogenated alkanes) is 1. The third-order valence-electron chi connectivity index (χ3n) is 3.46. The van der Waals surface area contributed by atoms with E-state index in [0.717, 1.165) is 35.6 Å². The van der Waals surface area contributed by atoms with Crippen LogP contribution in [0.2, 0.25) is 0 Å². The van der Waals surface area contributed by atoms with Gasteiger partial charge in [0, 0.05) is 15.8 Å². The Morgan fingerprint density at radius 3 is 2.84 bits per heavy atom. The predicted octanol–water partition coefficient (Wildman–Crippen LogP) is 4.76. The number of ether oxygens (including phenoxy) is 1. The Hall–Kier alpha value is -1.67. The topological polar surface area (TPSA) is 9.23 Å². The van der Waals surface area contributed by atoms with E-state index < -0.39 is 0 Å². The maximum absolute atomic E-state index is 5.91. The highest BCUT2D eigenvalue weighted by atomic mass is 32.1. The van der Waals surface area contributed by atoms with E-state index in [2.05, 4.69) is 37.3 Å². The predicted molar refractivity (Wildman–Crippen MR) is 85.1 cm³/mol. The molecule has 0 saturated carbocycles. The number of benzene rings is 2. The molecule has 0 spiro atoms. The molecule has 0 amide bonds. The zero-order valence-corrected chi connectivity index (χ0v) is 11.8. The molecule has 0 bridgehead atoms. The lowest BCUT2D eigenvalue weighted by atomic mass is 9.92. The monoisotopic (exact) mass is 268 g/mol. The van der Waals surface area contributed by atoms with E-state index in [1.165, 1.54) is 16.3 Å². The van der Waals surface area contributed by atoms with Gasteiger partial charge >= 0.3 is 0 Å². The molecule has 0 saturated heterocycles. The quantitative estimate of drug-likeness (QED) is 0.584. The van der Waals surface area contributed by atoms with Crippen molar-refractivity contribution in [2.45, 2.75) is 19.8 Å². The first kappa shape index (κ1) is 12.4. The summed E-state index contributed by atoms with van der Waals surface area (Å²) in [5.74, 6) is 0.919. The second-order valence-electron chi connectivity index (χ2n) is 4.78. The number of hydrogen-bond acceptors (Lipinski definition) is 2. The van der Waals surface area contributed by atoms with Crippen LogP contribution in [0, 0.1) is 0 Å². The smallest absolute Gasteiger partial charge is 0.128 e. The Kier molecular flexibility index (Phi) is 3.34. The third kappa shape index (κ3) is 2.17. The van der Waals surface area contributed by atoms with Crippen LogP contribution in [0.1, 0.15) is 30.9 Å². The highest BCUT2D eigenvalue weighted by Crippen LogP contribution is 2.35. The molecule has 3 rings (SSSR count). The van der Waals surface area contributed by atoms with Crippen LogP contribution in [0.3, 0.4) is 0 Å². The molecule has 0 unspecified atom stereocenters. The molecule has 0 aromatic heterocycles. The Balaban J connectivity index is 2.14. The fourth-order valence-electron chi connectivity index (χ4n) is 2.47. The summed E-state index contributed by atoms with van der Waals surface area (Å²) in [5.41, 5.74) is 2.31. The lowest BCUT2D eigenvalue weighted by molar-refractivity contribution is 0.309. The summed E-state index contributed by atoms with van der Waals surface area (Å²) in [6.45, 7) is 2.92. The van der Waals surface area contributed by atoms with E-state index in [9.17, 15) is 0 Å². The molecule has 2 heteroatoms. The van der Waals surface area contributed by atoms with Gasteiger partial charge < -0.3 is 4.74 Å². The SMILES string of the molecule is CCCCOc1ccc2cccc3c2c1C(=S)C=C3. The van der Waals surface area contributed by atoms with Gasteiger partial charge in [0.15, 0.2) is 0 Å². The average molecular weight is 268 g/mol. The summed E-state index contributed by atoms with van der Waals surface area (Å²) in [7, 11) is 0. The lowest BCUT2D eigenvalue weighted by Crippen LogP contribution is -2.06. The average Bonchev–Trinajstić information content (AvgIpc) is 2.44. The first-order valence-electron chi connectivity index (χ1n) is 6.72. The van der Waals surface area contributed by atoms with Crippen molar-refractivity contribution in [3.05, 3.63) is 47.5 Å². The summed E-state index contributed by atoms with van der Waals surface area (Å²) in [5, 5.41) is 2.45. The number of allylic oxidation sites excluding steroid dienone is 1. The summed E-state index contributed by atoms with van der Waals surface area (Å²) in [6, 6.07) is 10.5. The van der Waals surface area contributed by atoms with Crippen LogP contribution in [-0.4, -0.2) is 11.5 Å². The first-order valence-corrected chi connectivity index (χ1v) is 7.13. The molecule has 0 radical (unpaired) electrons. The molecular formula is C17H16OS. The van der Waals surface area contributed by atoms with Gasteiger partial charge in [0.1, 0.15) is 5.75 Å². The Labute approximate surface area is 118 Å². The molecule has 1 nitrogen and oxygen atoms in total. The van der Waals surface area contributed by atoms with Crippen LogP contribution in [0.4, 0.5) is 0 Å². The third-order valence-corrected chi connectivity index (χ3v) is 3.80. The standard InChI is InChI=1S/C17H16OS/c1-2-3-11-18-14-9-7-12-5-4-6-13-8-10-15(19)17(14)16(12)13/h4-10H,2-3,11H2,1H3. The fourth-order valence-corrected chi connectivity index (χ4v) is 2.74. The summed E-state index contributed by atoms with van der Waals surface area (Å²) < 4.78 is 5.91. The molecule has 0 heterocycles. The minimum atomic E-state index is 0.753. The Morgan fingerprint density at radius 1 is 1.11 bits per heavy atom. The van der Waals surface area contributed by atoms with Gasteiger partial charge in [-0.2, -0.15) is 0 Å². The van der Waals surface area contributed by atoms with Crippen LogP contribution in [-0.2, 0) is 0 Å². The van der Waals surface area contributed by atoms with Crippen LogP contribution in [0.25, 0.3) is 16.8 Å². The van der Waals surface area contributed by atoms with E-state index in [1.54, 1.807) is 0 Å². The lowest BCUT2D eigenvalue weighted by Gasteiger charge is -2.18. The zero-order valence-electron chi connectivity index (χ0n) is 11.0. The molecule has 19 heavy (non-hydrogen) atoms. The van der Waals surface area contributed by atoms with Crippen molar-refractivity contribution < 1.29 is 4.74 Å². The van der Waals surface area contributed by atoms with Crippen molar-refractivity contribution in [3.8, 4) is 5.75 Å². The molecule has 2 aromatic rings. The molecule has 1 aliphatic rings. The summed E-state index contributed by atoms with van der Waals surface area (Å²) in [4.78, 5) is 0.871. The van der Waals surface area contributed by atoms with Gasteiger partial charge in [0.25, 0.3) is 0 Å². The minimum Gasteiger partial charge on any atom is -0.493 e. The summed E-state index contributed by atoms with van der Waals surface area (Å²) >= 11 is 5.49. The minimum absolute atomic E-state index is 0.753. The maximum atomic E-state index is 5.91. The van der Waals surface area contributed by atoms with Crippen molar-refractivity contribution >= 4 is 33.9 Å². The van der Waals surface area contributed by atoms with E-state index in [-0.39, 0.29) is 0 Å². The second-order valence-corrected chi connectivity index (χ2v) is 5.22. The second kappa shape index (κ2) is 5.14. The molecule has 0 aliphatic heterocycles. The van der Waals surface area contributed by atoms with Crippen molar-refractivity contribution in [2.75, 3.05) is 6.61 Å². The Morgan fingerprint density at radius 2 is 2.00 bits per heavy atom. The number of thiocarbonyl (C=S) groups is 1. The van der Waals surface area contributed by atoms with Gasteiger partial charge in [0.2, 0.25) is 0 Å². The van der Waals surface area contributed by atoms with Gasteiger partial charge in [-0.15, -0.1) is 0 Å². The van der Waals surface area contributed by atoms with Crippen molar-refractivity contribution in [1.29, 1.82) is 0 Å². The van der Waals surface area contributed by atoms with Gasteiger partial charge in [0.05, 0.1) is 6.61 Å². The number of rotatable bonds is 4. The molecular weight excluding hydrogens is 252 g/mol. The van der Waals surface area contributed by atoms with Crippen LogP contribution < -0.4 is 4.74 Å². The van der Waals surface area contributed by atoms with Gasteiger partial charge in [-0.1, -0.05) is 55.9 Å². The molecule has 0 atom stereocenters. The van der Waals surface area contributed by atoms with E-state index >= 15 is 0 Å². The largest absolute Gasteiger partial charge is 0.493 e. The van der Waals surface area contributed by atoms with Crippen molar-refractivity contribution in [2.24, 2.45) is 0 Å². The highest BCUT2D eigenvalue weighted by Gasteiger charge is 2.17. The highest BCUT2D eigenvalue weighted by molar-refractivity contribution is 7.81. The first-order chi connectivity index (χ1) is 9.31. The Bertz CT molecular complexity index is 670. The van der Waals surface area contributed by atoms with Gasteiger partial charge in [-0.25, -0.2) is 0 Å². The van der Waals surface area contributed by atoms with Gasteiger partial charge in [-0.05, 0) is 29.5 Å². The van der Waals surface area contributed by atoms with Crippen LogP contribution in [0.15, 0.2) is 36.4 Å². The van der Waals surface area contributed by atoms with E-state index in [0.29, 0.717) is 0 Å². The molecule has 96 valence electrons. The van der Waals surface area contributed by atoms with E-state index in [1.807, 2.05) is 12.1 Å². The summed E-state index contributed by atoms with van der Waals surface area (Å²) in [6.07, 6.45) is 6.30. The normalized spacial score (nSPS) is 13.0. The zero-order chi connectivity index (χ0) is 13.2. The van der Waals surface area contributed by atoms with Crippen LogP contribution >= 0.6 is 12.2 Å². The van der Waals surface area contributed by atoms with Crippen LogP contribution in [0.5, 0.6) is 5.75 Å². The van der Waals surface area contributed by atoms with Crippen molar-refractivity contribution in [1.82, 2.24) is 0 Å². The van der Waals surface area contributed by atoms with E-state index in [4.69, 9.17) is 17.0 Å². The molecule has 1 aliphatic carbocycles. The van der Waals surface area contributed by atoms with Crippen molar-refractivity contribution in [3.63, 3.8) is 0 Å². The maximum Gasteiger partial charge on any atom is 0.128 e. The fraction of sp³-hybridized carbons (Fsp3) is 0.235. The molecule has 0 N–H and O–H groups in total. The molecule has 2 aromatic carbocycles. The van der Waals surface area contributed by atoms with Gasteiger partial charge in [-0.3, -0.25) is 0 Å². The molecule has 0 fully saturated rings. The number of hydrogen-bond donors (Lipinski definition) is 0.